The number of nitrogens with zero attached hydrogens (tertiary/aromatic N) is 2. The Labute approximate surface area is 170 Å². The van der Waals surface area contributed by atoms with Crippen molar-refractivity contribution in [1.82, 2.24) is 5.32 Å². The second-order valence-electron chi connectivity index (χ2n) is 6.18. The van der Waals surface area contributed by atoms with Crippen LogP contribution in [0.15, 0.2) is 48.0 Å². The molecular weight excluding hydrogens is 395 g/mol. The number of rotatable bonds is 7. The van der Waals surface area contributed by atoms with Crippen molar-refractivity contribution < 1.29 is 17.9 Å². The van der Waals surface area contributed by atoms with Gasteiger partial charge in [-0.1, -0.05) is 12.7 Å². The summed E-state index contributed by atoms with van der Waals surface area (Å²) in [7, 11) is -1.83. The van der Waals surface area contributed by atoms with E-state index in [4.69, 9.17) is 5.73 Å². The average Bonchev–Trinajstić information content (AvgIpc) is 2.67. The van der Waals surface area contributed by atoms with E-state index in [1.807, 2.05) is 0 Å². The maximum absolute atomic E-state index is 13.2. The van der Waals surface area contributed by atoms with E-state index in [1.54, 1.807) is 13.0 Å². The second-order valence-corrected chi connectivity index (χ2v) is 8.14. The number of hydrogen-bond acceptors (Lipinski definition) is 4. The van der Waals surface area contributed by atoms with E-state index in [1.165, 1.54) is 54.0 Å². The molecule has 4 N–H and O–H groups in total. The Morgan fingerprint density at radius 2 is 2.00 bits per heavy atom. The summed E-state index contributed by atoms with van der Waals surface area (Å²) in [6.45, 7) is 5.75. The van der Waals surface area contributed by atoms with Gasteiger partial charge in [-0.05, 0) is 47.5 Å². The van der Waals surface area contributed by atoms with Crippen molar-refractivity contribution >= 4 is 45.2 Å². The third-order valence-electron chi connectivity index (χ3n) is 4.15. The molecule has 1 unspecified atom stereocenters. The molecule has 0 radical (unpaired) electrons. The number of likely N-dealkylation sites (N-methyl/N-ethyl adjacent to an activating group) is 1. The number of hydrogen-bond donors (Lipinski definition) is 3. The van der Waals surface area contributed by atoms with Gasteiger partial charge in [-0.2, -0.15) is 8.86 Å². The van der Waals surface area contributed by atoms with Gasteiger partial charge in [-0.3, -0.25) is 4.79 Å². The van der Waals surface area contributed by atoms with Gasteiger partial charge in [0.15, 0.2) is 6.26 Å². The van der Waals surface area contributed by atoms with Gasteiger partial charge in [0, 0.05) is 23.9 Å². The van der Waals surface area contributed by atoms with Crippen molar-refractivity contribution in [2.24, 2.45) is 4.99 Å². The van der Waals surface area contributed by atoms with Crippen LogP contribution >= 0.6 is 0 Å². The van der Waals surface area contributed by atoms with Gasteiger partial charge >= 0.3 is 10.4 Å². The van der Waals surface area contributed by atoms with Gasteiger partial charge in [-0.15, -0.1) is 0 Å². The molecule has 2 aromatic carbocycles. The van der Waals surface area contributed by atoms with E-state index in [0.29, 0.717) is 22.5 Å². The average molecular weight is 420 g/mol. The summed E-state index contributed by atoms with van der Waals surface area (Å²) in [6, 6.07) is 8.45. The highest BCUT2D eigenvalue weighted by atomic mass is 32.3. The lowest BCUT2D eigenvalue weighted by Crippen LogP contribution is -2.35. The van der Waals surface area contributed by atoms with Crippen molar-refractivity contribution in [3.8, 4) is 0 Å². The SMILES string of the molecule is C=Cc1cc(C(=Nc2ccc(F)cc2)C(=O)NC)c(N)cc1N(CC)[S+](C)(=O)O. The van der Waals surface area contributed by atoms with Crippen LogP contribution in [0.1, 0.15) is 18.1 Å². The number of amides is 1. The minimum Gasteiger partial charge on any atom is -0.398 e. The van der Waals surface area contributed by atoms with Crippen molar-refractivity contribution in [3.63, 3.8) is 0 Å². The van der Waals surface area contributed by atoms with Gasteiger partial charge < -0.3 is 11.1 Å². The predicted octanol–water partition coefficient (Wildman–Crippen LogP) is 3.26. The first kappa shape index (κ1) is 22.3. The number of carbonyl (C=O) groups excluding carboxylic acids is 1. The highest BCUT2D eigenvalue weighted by Crippen LogP contribution is 2.31. The van der Waals surface area contributed by atoms with Crippen molar-refractivity contribution in [2.75, 3.05) is 29.9 Å². The third kappa shape index (κ3) is 5.07. The molecule has 0 heterocycles. The highest BCUT2D eigenvalue weighted by molar-refractivity contribution is 7.98. The van der Waals surface area contributed by atoms with E-state index < -0.39 is 22.1 Å². The summed E-state index contributed by atoms with van der Waals surface area (Å²) in [5, 5.41) is 2.51. The van der Waals surface area contributed by atoms with Crippen LogP contribution in [0.25, 0.3) is 6.08 Å². The van der Waals surface area contributed by atoms with Gasteiger partial charge in [0.1, 0.15) is 11.5 Å². The molecule has 0 saturated heterocycles. The zero-order chi connectivity index (χ0) is 21.8. The molecular formula is C20H24FN4O3S+. The summed E-state index contributed by atoms with van der Waals surface area (Å²) in [4.78, 5) is 16.8. The molecule has 0 aliphatic carbocycles. The molecule has 0 spiro atoms. The normalized spacial score (nSPS) is 13.5. The quantitative estimate of drug-likeness (QED) is 0.364. The van der Waals surface area contributed by atoms with Crippen LogP contribution in [-0.2, 0) is 19.4 Å². The van der Waals surface area contributed by atoms with Crippen LogP contribution in [0.5, 0.6) is 0 Å². The van der Waals surface area contributed by atoms with E-state index in [2.05, 4.69) is 16.9 Å². The number of nitrogen functional groups attached to an aromatic ring is 1. The molecule has 2 aromatic rings. The van der Waals surface area contributed by atoms with Gasteiger partial charge in [0.05, 0.1) is 17.9 Å². The lowest BCUT2D eigenvalue weighted by Gasteiger charge is -2.22. The summed E-state index contributed by atoms with van der Waals surface area (Å²) in [6.07, 6.45) is 2.71. The highest BCUT2D eigenvalue weighted by Gasteiger charge is 2.30. The minimum absolute atomic E-state index is 0.0236. The number of nitrogens with two attached hydrogens (primary N) is 1. The molecule has 9 heteroatoms. The Hall–Kier alpha value is -3.04. The van der Waals surface area contributed by atoms with E-state index >= 15 is 0 Å². The summed E-state index contributed by atoms with van der Waals surface area (Å²) < 4.78 is 36.7. The maximum Gasteiger partial charge on any atom is 0.310 e. The molecule has 0 bridgehead atoms. The number of anilines is 2. The fraction of sp³-hybridized carbons (Fsp3) is 0.200. The van der Waals surface area contributed by atoms with E-state index in [9.17, 15) is 17.9 Å². The van der Waals surface area contributed by atoms with Gasteiger partial charge in [0.25, 0.3) is 5.91 Å². The Balaban J connectivity index is 2.69. The Bertz CT molecular complexity index is 1000. The van der Waals surface area contributed by atoms with Crippen LogP contribution < -0.4 is 15.4 Å². The van der Waals surface area contributed by atoms with Crippen LogP contribution in [0.3, 0.4) is 0 Å². The number of carbonyl (C=O) groups is 1. The van der Waals surface area contributed by atoms with Crippen LogP contribution in [-0.4, -0.2) is 36.0 Å². The van der Waals surface area contributed by atoms with E-state index in [-0.39, 0.29) is 17.9 Å². The standard InChI is InChI=1S/C20H23FN4O3S/c1-5-13-11-16(17(22)12-18(13)25(6-2)29(4,27)28)19(20(26)23-3)24-15-9-7-14(21)8-10-15/h5,7-12H,1,6H2,2-4H3,(H3-,22,23,24,26,27,28)/p+1. The Kier molecular flexibility index (Phi) is 6.89. The molecule has 7 nitrogen and oxygen atoms in total. The van der Waals surface area contributed by atoms with E-state index in [0.717, 1.165) is 0 Å². The number of aliphatic imine (C=N–C) groups is 1. The molecule has 0 fully saturated rings. The molecule has 2 rings (SSSR count). The molecule has 0 aromatic heterocycles. The summed E-state index contributed by atoms with van der Waals surface area (Å²) in [5.74, 6) is -0.910. The van der Waals surface area contributed by atoms with Crippen molar-refractivity contribution in [2.45, 2.75) is 6.92 Å². The van der Waals surface area contributed by atoms with Gasteiger partial charge in [-0.25, -0.2) is 9.38 Å². The molecule has 1 atom stereocenters. The van der Waals surface area contributed by atoms with Crippen molar-refractivity contribution in [1.29, 1.82) is 0 Å². The van der Waals surface area contributed by atoms with Crippen LogP contribution in [0, 0.1) is 5.82 Å². The first-order chi connectivity index (χ1) is 13.6. The number of halogens is 1. The Morgan fingerprint density at radius 1 is 1.38 bits per heavy atom. The van der Waals surface area contributed by atoms with Crippen LogP contribution in [0.2, 0.25) is 0 Å². The minimum atomic E-state index is -3.29. The molecule has 0 aliphatic rings. The first-order valence-electron chi connectivity index (χ1n) is 8.74. The van der Waals surface area contributed by atoms with Gasteiger partial charge in [0.2, 0.25) is 0 Å². The fourth-order valence-corrected chi connectivity index (χ4v) is 3.80. The topological polar surface area (TPSA) is 108 Å². The van der Waals surface area contributed by atoms with Crippen LogP contribution in [0.4, 0.5) is 21.5 Å². The monoisotopic (exact) mass is 419 g/mol. The first-order valence-corrected chi connectivity index (χ1v) is 10.6. The second kappa shape index (κ2) is 8.97. The fourth-order valence-electron chi connectivity index (χ4n) is 2.79. The summed E-state index contributed by atoms with van der Waals surface area (Å²) in [5.41, 5.74) is 8.03. The summed E-state index contributed by atoms with van der Waals surface area (Å²) >= 11 is 0. The zero-order valence-corrected chi connectivity index (χ0v) is 17.3. The molecule has 154 valence electrons. The number of nitrogens with one attached hydrogen (secondary N) is 1. The zero-order valence-electron chi connectivity index (χ0n) is 16.5. The Morgan fingerprint density at radius 3 is 2.48 bits per heavy atom. The molecule has 1 amide bonds. The smallest absolute Gasteiger partial charge is 0.310 e. The predicted molar refractivity (Wildman–Crippen MR) is 117 cm³/mol. The third-order valence-corrected chi connectivity index (χ3v) is 5.42. The maximum atomic E-state index is 13.2. The molecule has 29 heavy (non-hydrogen) atoms. The molecule has 0 saturated carbocycles. The van der Waals surface area contributed by atoms with Crippen molar-refractivity contribution in [3.05, 3.63) is 59.9 Å². The lowest BCUT2D eigenvalue weighted by molar-refractivity contribution is -0.114. The lowest BCUT2D eigenvalue weighted by atomic mass is 10.0. The number of benzene rings is 2. The molecule has 0 aliphatic heterocycles. The largest absolute Gasteiger partial charge is 0.398 e.